The second-order valence-electron chi connectivity index (χ2n) is 11.3. The molecule has 216 valence electrons. The van der Waals surface area contributed by atoms with Gasteiger partial charge in [-0.05, 0) is 53.6 Å². The van der Waals surface area contributed by atoms with Crippen LogP contribution in [0.5, 0.6) is 0 Å². The Balaban J connectivity index is 1.18. The van der Waals surface area contributed by atoms with E-state index in [2.05, 4.69) is 129 Å². The molecule has 0 bridgehead atoms. The van der Waals surface area contributed by atoms with Crippen LogP contribution in [0.3, 0.4) is 0 Å². The summed E-state index contributed by atoms with van der Waals surface area (Å²) in [6.45, 7) is 0. The van der Waals surface area contributed by atoms with E-state index >= 15 is 0 Å². The van der Waals surface area contributed by atoms with Crippen molar-refractivity contribution in [1.82, 2.24) is 23.3 Å². The molecule has 6 heteroatoms. The van der Waals surface area contributed by atoms with Crippen LogP contribution < -0.4 is 0 Å². The molecule has 0 unspecified atom stereocenters. The number of hydrogen-bond acceptors (Lipinski definition) is 5. The third-order valence-corrected chi connectivity index (χ3v) is 9.03. The Morgan fingerprint density at radius 2 is 1.00 bits per heavy atom. The predicted octanol–water partition coefficient (Wildman–Crippen LogP) is 10.2. The molecule has 0 radical (unpaired) electrons. The van der Waals surface area contributed by atoms with Crippen LogP contribution in [-0.4, -0.2) is 23.3 Å². The summed E-state index contributed by atoms with van der Waals surface area (Å²) in [6, 6.07) is 52.7. The second kappa shape index (κ2) is 10.9. The molecular formula is C40H25N5S. The third kappa shape index (κ3) is 4.55. The lowest BCUT2D eigenvalue weighted by atomic mass is 10.0. The van der Waals surface area contributed by atoms with Gasteiger partial charge in [0.15, 0.2) is 5.82 Å². The van der Waals surface area contributed by atoms with Crippen molar-refractivity contribution in [3.63, 3.8) is 0 Å². The fourth-order valence-electron chi connectivity index (χ4n) is 6.28. The van der Waals surface area contributed by atoms with Crippen molar-refractivity contribution < 1.29 is 0 Å². The van der Waals surface area contributed by atoms with E-state index in [-0.39, 0.29) is 0 Å². The lowest BCUT2D eigenvalue weighted by Crippen LogP contribution is -1.96. The molecular weight excluding hydrogens is 583 g/mol. The van der Waals surface area contributed by atoms with Crippen LogP contribution >= 0.6 is 11.7 Å². The van der Waals surface area contributed by atoms with E-state index in [1.54, 1.807) is 0 Å². The standard InChI is InChI=1S/C40H25N5S/c1-3-11-26(12-4-1)34-24-35(27-13-5-2-6-14-27)42-40(41-34)30-17-9-15-28(21-30)29-16-10-18-31(22-29)45-38-20-8-7-19-32(38)33-23-36-37(25-39(33)45)44-46-43-36/h1-25H. The van der Waals surface area contributed by atoms with Crippen LogP contribution in [0.25, 0.3) is 83.6 Å². The zero-order valence-corrected chi connectivity index (χ0v) is 25.4. The van der Waals surface area contributed by atoms with Gasteiger partial charge in [0.05, 0.1) is 34.1 Å². The smallest absolute Gasteiger partial charge is 0.160 e. The van der Waals surface area contributed by atoms with E-state index in [0.717, 1.165) is 67.0 Å². The summed E-state index contributed by atoms with van der Waals surface area (Å²) < 4.78 is 11.4. The van der Waals surface area contributed by atoms with Gasteiger partial charge in [0.1, 0.15) is 11.0 Å². The Labute approximate surface area is 269 Å². The first kappa shape index (κ1) is 26.4. The summed E-state index contributed by atoms with van der Waals surface area (Å²) >= 11 is 1.25. The topological polar surface area (TPSA) is 56.5 Å². The quantitative estimate of drug-likeness (QED) is 0.195. The fraction of sp³-hybridized carbons (Fsp3) is 0. The summed E-state index contributed by atoms with van der Waals surface area (Å²) in [7, 11) is 0. The minimum atomic E-state index is 0.696. The molecule has 0 spiro atoms. The van der Waals surface area contributed by atoms with Gasteiger partial charge < -0.3 is 4.57 Å². The molecule has 9 aromatic rings. The molecule has 3 aromatic heterocycles. The number of fused-ring (bicyclic) bond motifs is 4. The van der Waals surface area contributed by atoms with Gasteiger partial charge >= 0.3 is 0 Å². The Kier molecular flexibility index (Phi) is 6.25. The molecule has 0 N–H and O–H groups in total. The first-order valence-corrected chi connectivity index (χ1v) is 15.9. The Hall–Kier alpha value is -5.98. The number of rotatable bonds is 5. The van der Waals surface area contributed by atoms with Crippen molar-refractivity contribution >= 4 is 44.6 Å². The zero-order chi connectivity index (χ0) is 30.5. The molecule has 3 heterocycles. The average Bonchev–Trinajstić information content (AvgIpc) is 3.73. The Bertz CT molecular complexity index is 2480. The highest BCUT2D eigenvalue weighted by atomic mass is 32.1. The Morgan fingerprint density at radius 3 is 1.74 bits per heavy atom. The van der Waals surface area contributed by atoms with E-state index in [4.69, 9.17) is 9.97 Å². The monoisotopic (exact) mass is 607 g/mol. The van der Waals surface area contributed by atoms with Crippen molar-refractivity contribution in [2.45, 2.75) is 0 Å². The van der Waals surface area contributed by atoms with E-state index in [1.807, 2.05) is 36.4 Å². The molecule has 6 aromatic carbocycles. The van der Waals surface area contributed by atoms with Crippen molar-refractivity contribution in [3.05, 3.63) is 152 Å². The highest BCUT2D eigenvalue weighted by Gasteiger charge is 2.16. The molecule has 0 saturated carbocycles. The van der Waals surface area contributed by atoms with Gasteiger partial charge in [-0.1, -0.05) is 109 Å². The van der Waals surface area contributed by atoms with E-state index < -0.39 is 0 Å². The number of nitrogens with zero attached hydrogens (tertiary/aromatic N) is 5. The molecule has 0 amide bonds. The third-order valence-electron chi connectivity index (χ3n) is 8.47. The molecule has 0 aliphatic carbocycles. The van der Waals surface area contributed by atoms with Crippen LogP contribution in [0.15, 0.2) is 152 Å². The largest absolute Gasteiger partial charge is 0.309 e. The average molecular weight is 608 g/mol. The molecule has 46 heavy (non-hydrogen) atoms. The summed E-state index contributed by atoms with van der Waals surface area (Å²) in [4.78, 5) is 10.1. The maximum atomic E-state index is 5.06. The lowest BCUT2D eigenvalue weighted by Gasteiger charge is -2.12. The van der Waals surface area contributed by atoms with Crippen LogP contribution in [0, 0.1) is 0 Å². The SMILES string of the molecule is c1ccc(-c2cc(-c3ccccc3)nc(-c3cccc(-c4cccc(-n5c6ccccc6c6cc7nsnc7cc65)c4)c3)n2)cc1. The van der Waals surface area contributed by atoms with E-state index in [1.165, 1.54) is 22.5 Å². The highest BCUT2D eigenvalue weighted by molar-refractivity contribution is 7.00. The number of benzene rings is 6. The second-order valence-corrected chi connectivity index (χ2v) is 11.8. The van der Waals surface area contributed by atoms with Gasteiger partial charge in [0.25, 0.3) is 0 Å². The molecule has 0 saturated heterocycles. The maximum Gasteiger partial charge on any atom is 0.160 e. The molecule has 5 nitrogen and oxygen atoms in total. The maximum absolute atomic E-state index is 5.06. The minimum Gasteiger partial charge on any atom is -0.309 e. The number of hydrogen-bond donors (Lipinski definition) is 0. The predicted molar refractivity (Wildman–Crippen MR) is 189 cm³/mol. The summed E-state index contributed by atoms with van der Waals surface area (Å²) in [5.41, 5.74) is 12.3. The first-order valence-electron chi connectivity index (χ1n) is 15.2. The van der Waals surface area contributed by atoms with Crippen molar-refractivity contribution in [3.8, 4) is 50.7 Å². The Morgan fingerprint density at radius 1 is 0.413 bits per heavy atom. The summed E-state index contributed by atoms with van der Waals surface area (Å²) in [5.74, 6) is 0.696. The molecule has 0 aliphatic rings. The first-order chi connectivity index (χ1) is 22.8. The van der Waals surface area contributed by atoms with Crippen molar-refractivity contribution in [1.29, 1.82) is 0 Å². The summed E-state index contributed by atoms with van der Waals surface area (Å²) in [5, 5.41) is 2.37. The number of aromatic nitrogens is 5. The fourth-order valence-corrected chi connectivity index (χ4v) is 6.79. The van der Waals surface area contributed by atoms with Gasteiger partial charge in [0, 0.05) is 33.2 Å². The van der Waals surface area contributed by atoms with Gasteiger partial charge in [0.2, 0.25) is 0 Å². The molecule has 0 aliphatic heterocycles. The zero-order valence-electron chi connectivity index (χ0n) is 24.6. The van der Waals surface area contributed by atoms with Crippen molar-refractivity contribution in [2.24, 2.45) is 0 Å². The van der Waals surface area contributed by atoms with Crippen molar-refractivity contribution in [2.75, 3.05) is 0 Å². The van der Waals surface area contributed by atoms with E-state index in [9.17, 15) is 0 Å². The van der Waals surface area contributed by atoms with Crippen LogP contribution in [0.2, 0.25) is 0 Å². The number of para-hydroxylation sites is 1. The van der Waals surface area contributed by atoms with Gasteiger partial charge in [-0.2, -0.15) is 8.75 Å². The highest BCUT2D eigenvalue weighted by Crippen LogP contribution is 2.36. The summed E-state index contributed by atoms with van der Waals surface area (Å²) in [6.07, 6.45) is 0. The van der Waals surface area contributed by atoms with Gasteiger partial charge in [-0.15, -0.1) is 0 Å². The van der Waals surface area contributed by atoms with Gasteiger partial charge in [-0.3, -0.25) is 0 Å². The molecule has 0 fully saturated rings. The van der Waals surface area contributed by atoms with Gasteiger partial charge in [-0.25, -0.2) is 9.97 Å². The lowest BCUT2D eigenvalue weighted by molar-refractivity contribution is 1.18. The van der Waals surface area contributed by atoms with E-state index in [0.29, 0.717) is 5.82 Å². The minimum absolute atomic E-state index is 0.696. The molecule has 9 rings (SSSR count). The van der Waals surface area contributed by atoms with Crippen LogP contribution in [0.4, 0.5) is 0 Å². The van der Waals surface area contributed by atoms with Crippen LogP contribution in [-0.2, 0) is 0 Å². The van der Waals surface area contributed by atoms with Crippen LogP contribution in [0.1, 0.15) is 0 Å². The molecule has 0 atom stereocenters. The normalized spacial score (nSPS) is 11.5.